The number of rotatable bonds is 4. The van der Waals surface area contributed by atoms with Crippen LogP contribution in [0, 0.1) is 10.1 Å². The molecule has 2 heterocycles. The second-order valence-electron chi connectivity index (χ2n) is 6.01. The highest BCUT2D eigenvalue weighted by atomic mass is 32.2. The van der Waals surface area contributed by atoms with Crippen molar-refractivity contribution in [3.8, 4) is 0 Å². The zero-order chi connectivity index (χ0) is 18.7. The number of amidine groups is 1. The van der Waals surface area contributed by atoms with Crippen LogP contribution in [0.1, 0.15) is 29.4 Å². The molecule has 0 saturated heterocycles. The summed E-state index contributed by atoms with van der Waals surface area (Å²) in [5.41, 5.74) is 6.71. The number of nitrogens with zero attached hydrogens (tertiary/aromatic N) is 3. The largest absolute Gasteiger partial charge is 0.379 e. The smallest absolute Gasteiger partial charge is 0.274 e. The van der Waals surface area contributed by atoms with Gasteiger partial charge in [0.1, 0.15) is 5.69 Å². The molecule has 134 valence electrons. The molecule has 1 unspecified atom stereocenters. The molecule has 1 aliphatic heterocycles. The van der Waals surface area contributed by atoms with Crippen molar-refractivity contribution in [2.45, 2.75) is 18.9 Å². The topological polar surface area (TPSA) is 124 Å². The number of pyridine rings is 1. The van der Waals surface area contributed by atoms with Crippen LogP contribution in [0.5, 0.6) is 0 Å². The number of carbonyl (C=O) groups excluding carboxylic acids is 1. The van der Waals surface area contributed by atoms with Crippen LogP contribution in [0.3, 0.4) is 0 Å². The lowest BCUT2D eigenvalue weighted by Crippen LogP contribution is -2.28. The molecule has 1 aromatic heterocycles. The fourth-order valence-corrected chi connectivity index (χ4v) is 3.65. The molecule has 1 atom stereocenters. The number of hydrogen-bond donors (Lipinski definition) is 2. The standard InChI is InChI=1S/C17H17N5O3S/c1-17(6-8-26-16(18)21-17)11-3-2-4-12(9-11)20-15(23)14-10-13(22(24)25)5-7-19-14/h2-5,7,9-10H,6,8H2,1H3,(H2,18,21)(H,20,23). The van der Waals surface area contributed by atoms with Crippen molar-refractivity contribution in [1.29, 1.82) is 0 Å². The molecule has 0 saturated carbocycles. The normalized spacial score (nSPS) is 19.5. The van der Waals surface area contributed by atoms with Gasteiger partial charge in [-0.15, -0.1) is 0 Å². The van der Waals surface area contributed by atoms with Crippen LogP contribution in [0.4, 0.5) is 11.4 Å². The summed E-state index contributed by atoms with van der Waals surface area (Å²) in [6.07, 6.45) is 2.07. The summed E-state index contributed by atoms with van der Waals surface area (Å²) < 4.78 is 0. The van der Waals surface area contributed by atoms with Gasteiger partial charge in [0.05, 0.1) is 10.5 Å². The Labute approximate surface area is 154 Å². The van der Waals surface area contributed by atoms with Crippen molar-refractivity contribution >= 4 is 34.2 Å². The van der Waals surface area contributed by atoms with Crippen LogP contribution in [0.15, 0.2) is 47.6 Å². The Morgan fingerprint density at radius 2 is 2.19 bits per heavy atom. The number of aliphatic imine (C=N–C) groups is 1. The Bertz CT molecular complexity index is 901. The summed E-state index contributed by atoms with van der Waals surface area (Å²) in [5, 5.41) is 14.1. The monoisotopic (exact) mass is 371 g/mol. The van der Waals surface area contributed by atoms with Gasteiger partial charge in [-0.3, -0.25) is 24.9 Å². The van der Waals surface area contributed by atoms with E-state index in [-0.39, 0.29) is 11.4 Å². The predicted octanol–water partition coefficient (Wildman–Crippen LogP) is 2.91. The summed E-state index contributed by atoms with van der Waals surface area (Å²) in [6, 6.07) is 9.72. The van der Waals surface area contributed by atoms with Gasteiger partial charge in [0.2, 0.25) is 0 Å². The summed E-state index contributed by atoms with van der Waals surface area (Å²) in [6.45, 7) is 2.00. The SMILES string of the molecule is CC1(c2cccc(NC(=O)c3cc([N+](=O)[O-])ccn3)c2)CCSC(N)=N1. The molecule has 0 radical (unpaired) electrons. The van der Waals surface area contributed by atoms with Gasteiger partial charge < -0.3 is 11.1 Å². The van der Waals surface area contributed by atoms with E-state index in [1.165, 1.54) is 24.0 Å². The molecule has 1 aliphatic rings. The molecule has 2 aromatic rings. The molecule has 1 aromatic carbocycles. The molecule has 9 heteroatoms. The highest BCUT2D eigenvalue weighted by molar-refractivity contribution is 8.13. The predicted molar refractivity (Wildman–Crippen MR) is 101 cm³/mol. The van der Waals surface area contributed by atoms with Crippen LogP contribution >= 0.6 is 11.8 Å². The average molecular weight is 371 g/mol. The number of anilines is 1. The molecular formula is C17H17N5O3S. The lowest BCUT2D eigenvalue weighted by atomic mass is 9.89. The summed E-state index contributed by atoms with van der Waals surface area (Å²) >= 11 is 1.53. The molecule has 1 amide bonds. The van der Waals surface area contributed by atoms with Crippen LogP contribution in [-0.4, -0.2) is 26.7 Å². The Morgan fingerprint density at radius 3 is 2.92 bits per heavy atom. The zero-order valence-electron chi connectivity index (χ0n) is 14.0. The molecule has 0 aliphatic carbocycles. The molecule has 3 N–H and O–H groups in total. The molecule has 0 bridgehead atoms. The maximum Gasteiger partial charge on any atom is 0.274 e. The number of amides is 1. The van der Waals surface area contributed by atoms with Crippen molar-refractivity contribution in [3.05, 3.63) is 64.0 Å². The van der Waals surface area contributed by atoms with Crippen LogP contribution in [-0.2, 0) is 5.54 Å². The minimum atomic E-state index is -0.566. The van der Waals surface area contributed by atoms with Gasteiger partial charge in [0, 0.05) is 29.8 Å². The molecule has 3 rings (SSSR count). The summed E-state index contributed by atoms with van der Waals surface area (Å²) in [7, 11) is 0. The van der Waals surface area contributed by atoms with Crippen LogP contribution in [0.2, 0.25) is 0 Å². The molecule has 8 nitrogen and oxygen atoms in total. The molecule has 26 heavy (non-hydrogen) atoms. The number of hydrogen-bond acceptors (Lipinski definition) is 7. The third-order valence-corrected chi connectivity index (χ3v) is 4.92. The quantitative estimate of drug-likeness (QED) is 0.629. The van der Waals surface area contributed by atoms with Gasteiger partial charge in [0.25, 0.3) is 11.6 Å². The van der Waals surface area contributed by atoms with Gasteiger partial charge in [-0.05, 0) is 31.0 Å². The number of thioether (sulfide) groups is 1. The van der Waals surface area contributed by atoms with E-state index in [0.29, 0.717) is 10.9 Å². The first-order valence-corrected chi connectivity index (χ1v) is 8.86. The first-order chi connectivity index (χ1) is 12.4. The van der Waals surface area contributed by atoms with Gasteiger partial charge in [-0.1, -0.05) is 23.9 Å². The highest BCUT2D eigenvalue weighted by Crippen LogP contribution is 2.35. The number of aromatic nitrogens is 1. The maximum atomic E-state index is 12.4. The van der Waals surface area contributed by atoms with E-state index in [9.17, 15) is 14.9 Å². The lowest BCUT2D eigenvalue weighted by molar-refractivity contribution is -0.385. The molecule has 0 fully saturated rings. The Balaban J connectivity index is 1.83. The number of nitrogens with two attached hydrogens (primary N) is 1. The van der Waals surface area contributed by atoms with Crippen molar-refractivity contribution in [2.75, 3.05) is 11.1 Å². The van der Waals surface area contributed by atoms with Crippen molar-refractivity contribution in [2.24, 2.45) is 10.7 Å². The number of nitrogens with one attached hydrogen (secondary N) is 1. The first-order valence-electron chi connectivity index (χ1n) is 7.88. The Morgan fingerprint density at radius 1 is 1.38 bits per heavy atom. The minimum Gasteiger partial charge on any atom is -0.379 e. The van der Waals surface area contributed by atoms with E-state index < -0.39 is 16.4 Å². The van der Waals surface area contributed by atoms with Gasteiger partial charge in [0.15, 0.2) is 5.17 Å². The van der Waals surface area contributed by atoms with Gasteiger partial charge >= 0.3 is 0 Å². The average Bonchev–Trinajstić information content (AvgIpc) is 2.62. The number of carbonyl (C=O) groups is 1. The van der Waals surface area contributed by atoms with Gasteiger partial charge in [-0.25, -0.2) is 0 Å². The fraction of sp³-hybridized carbons (Fsp3) is 0.235. The van der Waals surface area contributed by atoms with Crippen LogP contribution < -0.4 is 11.1 Å². The minimum absolute atomic E-state index is 0.0212. The van der Waals surface area contributed by atoms with E-state index in [0.717, 1.165) is 23.8 Å². The van der Waals surface area contributed by atoms with Crippen molar-refractivity contribution < 1.29 is 9.72 Å². The fourth-order valence-electron chi connectivity index (χ4n) is 2.68. The lowest BCUT2D eigenvalue weighted by Gasteiger charge is -2.30. The van der Waals surface area contributed by atoms with Gasteiger partial charge in [-0.2, -0.15) is 0 Å². The zero-order valence-corrected chi connectivity index (χ0v) is 14.8. The second kappa shape index (κ2) is 7.12. The van der Waals surface area contributed by atoms with E-state index in [1.54, 1.807) is 6.07 Å². The summed E-state index contributed by atoms with van der Waals surface area (Å²) in [4.78, 5) is 31.1. The van der Waals surface area contributed by atoms with E-state index in [2.05, 4.69) is 15.3 Å². The highest BCUT2D eigenvalue weighted by Gasteiger charge is 2.29. The molecular weight excluding hydrogens is 354 g/mol. The van der Waals surface area contributed by atoms with E-state index >= 15 is 0 Å². The Hall–Kier alpha value is -2.94. The van der Waals surface area contributed by atoms with E-state index in [1.807, 2.05) is 25.1 Å². The van der Waals surface area contributed by atoms with Crippen molar-refractivity contribution in [1.82, 2.24) is 4.98 Å². The first kappa shape index (κ1) is 17.9. The van der Waals surface area contributed by atoms with Crippen molar-refractivity contribution in [3.63, 3.8) is 0 Å². The van der Waals surface area contributed by atoms with E-state index in [4.69, 9.17) is 5.73 Å². The third-order valence-electron chi connectivity index (χ3n) is 4.13. The second-order valence-corrected chi connectivity index (χ2v) is 7.13. The maximum absolute atomic E-state index is 12.4. The van der Waals surface area contributed by atoms with Crippen LogP contribution in [0.25, 0.3) is 0 Å². The number of benzene rings is 1. The third kappa shape index (κ3) is 3.83. The Kier molecular flexibility index (Phi) is 4.90. The molecule has 0 spiro atoms. The summed E-state index contributed by atoms with van der Waals surface area (Å²) in [5.74, 6) is 0.359. The number of nitro groups is 1.